The molecule has 1 saturated carbocycles. The van der Waals surface area contributed by atoms with Gasteiger partial charge in [0.15, 0.2) is 0 Å². The van der Waals surface area contributed by atoms with Crippen LogP contribution in [-0.4, -0.2) is 5.60 Å². The number of fused-ring (bicyclic) bond motifs is 1. The normalized spacial score (nSPS) is 36.1. The number of rotatable bonds is 0. The zero-order chi connectivity index (χ0) is 13.8. The van der Waals surface area contributed by atoms with Crippen molar-refractivity contribution >= 4 is 15.9 Å². The first-order valence-corrected chi connectivity index (χ1v) is 7.85. The molecule has 0 radical (unpaired) electrons. The molecule has 2 aliphatic rings. The lowest BCUT2D eigenvalue weighted by Gasteiger charge is -2.42. The fraction of sp³-hybridized carbons (Fsp3) is 0.625. The van der Waals surface area contributed by atoms with Crippen molar-refractivity contribution in [1.29, 1.82) is 0 Å². The Labute approximate surface area is 123 Å². The average molecular weight is 324 g/mol. The Kier molecular flexibility index (Phi) is 2.99. The molecule has 3 rings (SSSR count). The summed E-state index contributed by atoms with van der Waals surface area (Å²) in [6, 6.07) is 6.28. The van der Waals surface area contributed by atoms with Crippen molar-refractivity contribution in [3.05, 3.63) is 28.2 Å². The van der Waals surface area contributed by atoms with Crippen molar-refractivity contribution < 1.29 is 4.74 Å². The van der Waals surface area contributed by atoms with Crippen molar-refractivity contribution in [2.45, 2.75) is 51.7 Å². The van der Waals surface area contributed by atoms with E-state index in [-0.39, 0.29) is 11.6 Å². The molecule has 0 saturated heterocycles. The molecular formula is C16H22BrNO. The molecule has 19 heavy (non-hydrogen) atoms. The minimum atomic E-state index is -0.0727. The lowest BCUT2D eigenvalue weighted by atomic mass is 9.80. The van der Waals surface area contributed by atoms with E-state index in [1.807, 2.05) is 6.07 Å². The van der Waals surface area contributed by atoms with Gasteiger partial charge in [-0.2, -0.15) is 0 Å². The van der Waals surface area contributed by atoms with Crippen LogP contribution in [0.15, 0.2) is 22.7 Å². The van der Waals surface area contributed by atoms with Crippen LogP contribution in [-0.2, 0) is 0 Å². The van der Waals surface area contributed by atoms with Gasteiger partial charge in [0.25, 0.3) is 0 Å². The van der Waals surface area contributed by atoms with Crippen LogP contribution in [0.2, 0.25) is 0 Å². The largest absolute Gasteiger partial charge is 0.487 e. The number of hydrogen-bond donors (Lipinski definition) is 1. The summed E-state index contributed by atoms with van der Waals surface area (Å²) in [5, 5.41) is 0. The third-order valence-corrected chi connectivity index (χ3v) is 5.28. The zero-order valence-corrected chi connectivity index (χ0v) is 13.5. The van der Waals surface area contributed by atoms with Crippen LogP contribution in [0.25, 0.3) is 0 Å². The maximum Gasteiger partial charge on any atom is 0.126 e. The van der Waals surface area contributed by atoms with E-state index in [0.717, 1.165) is 28.6 Å². The van der Waals surface area contributed by atoms with Crippen molar-refractivity contribution in [1.82, 2.24) is 0 Å². The highest BCUT2D eigenvalue weighted by Crippen LogP contribution is 2.55. The van der Waals surface area contributed by atoms with Gasteiger partial charge >= 0.3 is 0 Å². The molecule has 1 aliphatic heterocycles. The van der Waals surface area contributed by atoms with Crippen molar-refractivity contribution in [3.63, 3.8) is 0 Å². The minimum absolute atomic E-state index is 0.0727. The Bertz CT molecular complexity index is 513. The lowest BCUT2D eigenvalue weighted by Crippen LogP contribution is -2.45. The molecule has 2 nitrogen and oxygen atoms in total. The molecule has 1 heterocycles. The third kappa shape index (κ3) is 2.21. The smallest absolute Gasteiger partial charge is 0.126 e. The predicted molar refractivity (Wildman–Crippen MR) is 81.2 cm³/mol. The molecular weight excluding hydrogens is 302 g/mol. The summed E-state index contributed by atoms with van der Waals surface area (Å²) in [7, 11) is 0. The second-order valence-corrected chi connectivity index (χ2v) is 8.02. The van der Waals surface area contributed by atoms with E-state index >= 15 is 0 Å². The molecule has 2 N–H and O–H groups in total. The first-order valence-electron chi connectivity index (χ1n) is 7.05. The Morgan fingerprint density at radius 2 is 2.05 bits per heavy atom. The summed E-state index contributed by atoms with van der Waals surface area (Å²) in [6.45, 7) is 6.98. The van der Waals surface area contributed by atoms with E-state index in [9.17, 15) is 0 Å². The summed E-state index contributed by atoms with van der Waals surface area (Å²) in [4.78, 5) is 0. The zero-order valence-electron chi connectivity index (χ0n) is 11.9. The van der Waals surface area contributed by atoms with E-state index in [1.54, 1.807) is 0 Å². The van der Waals surface area contributed by atoms with E-state index in [2.05, 4.69) is 48.8 Å². The molecule has 1 aromatic carbocycles. The molecule has 3 heteroatoms. The molecule has 3 atom stereocenters. The van der Waals surface area contributed by atoms with Gasteiger partial charge in [-0.15, -0.1) is 0 Å². The van der Waals surface area contributed by atoms with Crippen LogP contribution in [0.3, 0.4) is 0 Å². The van der Waals surface area contributed by atoms with E-state index in [4.69, 9.17) is 10.5 Å². The number of hydrogen-bond acceptors (Lipinski definition) is 2. The van der Waals surface area contributed by atoms with Crippen molar-refractivity contribution in [2.75, 3.05) is 0 Å². The van der Waals surface area contributed by atoms with Crippen LogP contribution in [0.5, 0.6) is 5.75 Å². The first-order chi connectivity index (χ1) is 8.81. The van der Waals surface area contributed by atoms with Crippen molar-refractivity contribution in [3.8, 4) is 5.75 Å². The number of benzene rings is 1. The Balaban J connectivity index is 2.01. The van der Waals surface area contributed by atoms with Crippen molar-refractivity contribution in [2.24, 2.45) is 17.1 Å². The molecule has 0 amide bonds. The molecule has 0 aromatic heterocycles. The van der Waals surface area contributed by atoms with Gasteiger partial charge in [-0.1, -0.05) is 42.8 Å². The highest BCUT2D eigenvalue weighted by atomic mass is 79.9. The lowest BCUT2D eigenvalue weighted by molar-refractivity contribution is 0.00177. The summed E-state index contributed by atoms with van der Waals surface area (Å²) >= 11 is 3.52. The summed E-state index contributed by atoms with van der Waals surface area (Å²) in [5.41, 5.74) is 7.83. The van der Waals surface area contributed by atoms with Crippen LogP contribution < -0.4 is 10.5 Å². The van der Waals surface area contributed by atoms with Gasteiger partial charge in [0.2, 0.25) is 0 Å². The number of nitrogens with two attached hydrogens (primary N) is 1. The molecule has 104 valence electrons. The predicted octanol–water partition coefficient (Wildman–Crippen LogP) is 4.43. The molecule has 1 aromatic rings. The average Bonchev–Trinajstić information content (AvgIpc) is 2.46. The standard InChI is InChI=1S/C16H22BrNO/c1-10-7-15(2,3)9-16(10)8-13(18)12-5-4-11(17)6-14(12)19-16/h4-6,10,13H,7-9,18H2,1-3H3/t10?,13-,16?/m1/s1. The Morgan fingerprint density at radius 1 is 1.32 bits per heavy atom. The molecule has 2 unspecified atom stereocenters. The number of ether oxygens (including phenoxy) is 1. The molecule has 1 spiro atoms. The molecule has 1 aliphatic carbocycles. The van der Waals surface area contributed by atoms with Crippen LogP contribution in [0.1, 0.15) is 51.6 Å². The van der Waals surface area contributed by atoms with Gasteiger partial charge in [0.1, 0.15) is 11.4 Å². The SMILES string of the molecule is CC1CC(C)(C)CC12C[C@@H](N)c1ccc(Br)cc1O2. The highest BCUT2D eigenvalue weighted by molar-refractivity contribution is 9.10. The Morgan fingerprint density at radius 3 is 2.68 bits per heavy atom. The maximum absolute atomic E-state index is 6.47. The van der Waals surface area contributed by atoms with E-state index in [0.29, 0.717) is 11.3 Å². The van der Waals surface area contributed by atoms with E-state index in [1.165, 1.54) is 6.42 Å². The Hall–Kier alpha value is -0.540. The fourth-order valence-corrected chi connectivity index (χ4v) is 4.47. The quantitative estimate of drug-likeness (QED) is 0.766. The second kappa shape index (κ2) is 4.23. The fourth-order valence-electron chi connectivity index (χ4n) is 4.13. The van der Waals surface area contributed by atoms with Gasteiger partial charge in [-0.05, 0) is 36.3 Å². The topological polar surface area (TPSA) is 35.2 Å². The maximum atomic E-state index is 6.47. The summed E-state index contributed by atoms with van der Waals surface area (Å²) in [5.74, 6) is 1.53. The van der Waals surface area contributed by atoms with Gasteiger partial charge < -0.3 is 10.5 Å². The second-order valence-electron chi connectivity index (χ2n) is 7.11. The number of halogens is 1. The van der Waals surface area contributed by atoms with Crippen LogP contribution in [0.4, 0.5) is 0 Å². The minimum Gasteiger partial charge on any atom is -0.487 e. The summed E-state index contributed by atoms with van der Waals surface area (Å²) < 4.78 is 7.53. The van der Waals surface area contributed by atoms with Gasteiger partial charge in [0.05, 0.1) is 0 Å². The first kappa shape index (κ1) is 13.4. The van der Waals surface area contributed by atoms with E-state index < -0.39 is 0 Å². The highest BCUT2D eigenvalue weighted by Gasteiger charge is 2.53. The van der Waals surface area contributed by atoms with Gasteiger partial charge in [-0.3, -0.25) is 0 Å². The van der Waals surface area contributed by atoms with Crippen LogP contribution in [0, 0.1) is 11.3 Å². The summed E-state index contributed by atoms with van der Waals surface area (Å²) in [6.07, 6.45) is 3.25. The third-order valence-electron chi connectivity index (χ3n) is 4.79. The van der Waals surface area contributed by atoms with Gasteiger partial charge in [0, 0.05) is 22.5 Å². The molecule has 1 fully saturated rings. The van der Waals surface area contributed by atoms with Crippen LogP contribution >= 0.6 is 15.9 Å². The monoisotopic (exact) mass is 323 g/mol. The van der Waals surface area contributed by atoms with Gasteiger partial charge in [-0.25, -0.2) is 0 Å². The molecule has 0 bridgehead atoms.